The highest BCUT2D eigenvalue weighted by molar-refractivity contribution is 5.40. The normalized spacial score (nSPS) is 11.7. The van der Waals surface area contributed by atoms with E-state index >= 15 is 0 Å². The Kier molecular flexibility index (Phi) is 2.62. The first-order valence-corrected chi connectivity index (χ1v) is 4.46. The van der Waals surface area contributed by atoms with Crippen molar-refractivity contribution in [3.8, 4) is 5.75 Å². The van der Waals surface area contributed by atoms with E-state index in [9.17, 15) is 5.11 Å². The molecule has 2 N–H and O–H groups in total. The SMILES string of the molecule is CNC(C)(C)c1cc(C)ccc1O. The monoisotopic (exact) mass is 179 g/mol. The van der Waals surface area contributed by atoms with Crippen molar-refractivity contribution in [1.82, 2.24) is 5.32 Å². The summed E-state index contributed by atoms with van der Waals surface area (Å²) in [7, 11) is 1.89. The number of hydrogen-bond acceptors (Lipinski definition) is 2. The van der Waals surface area contributed by atoms with Gasteiger partial charge >= 0.3 is 0 Å². The molecular weight excluding hydrogens is 162 g/mol. The Morgan fingerprint density at radius 2 is 1.92 bits per heavy atom. The van der Waals surface area contributed by atoms with Crippen LogP contribution in [0.2, 0.25) is 0 Å². The summed E-state index contributed by atoms with van der Waals surface area (Å²) in [6.07, 6.45) is 0. The largest absolute Gasteiger partial charge is 0.508 e. The van der Waals surface area contributed by atoms with Gasteiger partial charge in [-0.3, -0.25) is 0 Å². The van der Waals surface area contributed by atoms with Crippen LogP contribution in [0.1, 0.15) is 25.0 Å². The molecule has 2 heteroatoms. The van der Waals surface area contributed by atoms with Crippen molar-refractivity contribution in [2.75, 3.05) is 7.05 Å². The molecule has 1 aromatic carbocycles. The minimum absolute atomic E-state index is 0.184. The molecule has 1 rings (SSSR count). The highest BCUT2D eigenvalue weighted by atomic mass is 16.3. The van der Waals surface area contributed by atoms with Gasteiger partial charge in [0.2, 0.25) is 0 Å². The molecule has 0 fully saturated rings. The Morgan fingerprint density at radius 1 is 1.31 bits per heavy atom. The van der Waals surface area contributed by atoms with Gasteiger partial charge in [0, 0.05) is 11.1 Å². The van der Waals surface area contributed by atoms with Crippen molar-refractivity contribution in [2.24, 2.45) is 0 Å². The number of phenolic OH excluding ortho intramolecular Hbond substituents is 1. The van der Waals surface area contributed by atoms with Crippen LogP contribution >= 0.6 is 0 Å². The van der Waals surface area contributed by atoms with Crippen molar-refractivity contribution >= 4 is 0 Å². The highest BCUT2D eigenvalue weighted by Crippen LogP contribution is 2.28. The molecule has 2 nitrogen and oxygen atoms in total. The van der Waals surface area contributed by atoms with Crippen molar-refractivity contribution in [2.45, 2.75) is 26.3 Å². The molecule has 1 aromatic rings. The number of phenols is 1. The molecule has 0 amide bonds. The van der Waals surface area contributed by atoms with E-state index in [1.807, 2.05) is 40.0 Å². The van der Waals surface area contributed by atoms with Crippen LogP contribution < -0.4 is 5.32 Å². The van der Waals surface area contributed by atoms with Crippen LogP contribution in [0.25, 0.3) is 0 Å². The van der Waals surface area contributed by atoms with E-state index in [1.165, 1.54) is 0 Å². The maximum atomic E-state index is 9.66. The summed E-state index contributed by atoms with van der Waals surface area (Å²) < 4.78 is 0. The van der Waals surface area contributed by atoms with Gasteiger partial charge in [-0.05, 0) is 33.9 Å². The maximum Gasteiger partial charge on any atom is 0.120 e. The minimum Gasteiger partial charge on any atom is -0.508 e. The lowest BCUT2D eigenvalue weighted by Gasteiger charge is -2.25. The number of rotatable bonds is 2. The zero-order valence-corrected chi connectivity index (χ0v) is 8.68. The fourth-order valence-corrected chi connectivity index (χ4v) is 1.29. The highest BCUT2D eigenvalue weighted by Gasteiger charge is 2.21. The first-order chi connectivity index (χ1) is 5.97. The van der Waals surface area contributed by atoms with Crippen LogP contribution in [0.3, 0.4) is 0 Å². The Bertz CT molecular complexity index is 305. The number of aryl methyl sites for hydroxylation is 1. The number of aromatic hydroxyl groups is 1. The van der Waals surface area contributed by atoms with Crippen molar-refractivity contribution < 1.29 is 5.11 Å². The van der Waals surface area contributed by atoms with Gasteiger partial charge in [-0.15, -0.1) is 0 Å². The van der Waals surface area contributed by atoms with Crippen molar-refractivity contribution in [3.05, 3.63) is 29.3 Å². The third-order valence-electron chi connectivity index (χ3n) is 2.45. The number of nitrogens with one attached hydrogen (secondary N) is 1. The summed E-state index contributed by atoms with van der Waals surface area (Å²) in [5.74, 6) is 0.352. The maximum absolute atomic E-state index is 9.66. The molecule has 0 saturated carbocycles. The third kappa shape index (κ3) is 2.01. The predicted octanol–water partition coefficient (Wildman–Crippen LogP) is 2.16. The second-order valence-corrected chi connectivity index (χ2v) is 3.90. The first-order valence-electron chi connectivity index (χ1n) is 4.46. The lowest BCUT2D eigenvalue weighted by molar-refractivity contribution is 0.401. The van der Waals surface area contributed by atoms with E-state index in [2.05, 4.69) is 5.32 Å². The average Bonchev–Trinajstić information content (AvgIpc) is 2.09. The quantitative estimate of drug-likeness (QED) is 0.729. The van der Waals surface area contributed by atoms with Crippen LogP contribution in [0.15, 0.2) is 18.2 Å². The smallest absolute Gasteiger partial charge is 0.120 e. The summed E-state index contributed by atoms with van der Waals surface area (Å²) in [6.45, 7) is 6.11. The molecule has 13 heavy (non-hydrogen) atoms. The molecule has 0 bridgehead atoms. The summed E-state index contributed by atoms with van der Waals surface area (Å²) in [6, 6.07) is 5.65. The molecule has 0 aliphatic heterocycles. The molecule has 0 saturated heterocycles. The Labute approximate surface area is 79.6 Å². The minimum atomic E-state index is -0.184. The Morgan fingerprint density at radius 3 is 2.46 bits per heavy atom. The molecule has 0 aromatic heterocycles. The van der Waals surface area contributed by atoms with E-state index in [0.717, 1.165) is 11.1 Å². The molecule has 0 radical (unpaired) electrons. The fraction of sp³-hybridized carbons (Fsp3) is 0.455. The predicted molar refractivity (Wildman–Crippen MR) is 54.9 cm³/mol. The Balaban J connectivity index is 3.20. The van der Waals surface area contributed by atoms with Gasteiger partial charge < -0.3 is 10.4 Å². The summed E-state index contributed by atoms with van der Waals surface area (Å²) >= 11 is 0. The van der Waals surface area contributed by atoms with Gasteiger partial charge in [0.15, 0.2) is 0 Å². The Hall–Kier alpha value is -1.02. The number of benzene rings is 1. The van der Waals surface area contributed by atoms with Crippen LogP contribution in [-0.4, -0.2) is 12.2 Å². The van der Waals surface area contributed by atoms with E-state index in [-0.39, 0.29) is 5.54 Å². The zero-order chi connectivity index (χ0) is 10.1. The molecule has 0 aliphatic carbocycles. The second-order valence-electron chi connectivity index (χ2n) is 3.90. The van der Waals surface area contributed by atoms with Crippen LogP contribution in [0.5, 0.6) is 5.75 Å². The van der Waals surface area contributed by atoms with E-state index < -0.39 is 0 Å². The van der Waals surface area contributed by atoms with Crippen molar-refractivity contribution in [3.63, 3.8) is 0 Å². The first kappa shape index (κ1) is 10.1. The topological polar surface area (TPSA) is 32.3 Å². The summed E-state index contributed by atoms with van der Waals surface area (Å²) in [4.78, 5) is 0. The van der Waals surface area contributed by atoms with Gasteiger partial charge in [-0.25, -0.2) is 0 Å². The second kappa shape index (κ2) is 3.38. The molecule has 0 aliphatic rings. The van der Waals surface area contributed by atoms with Gasteiger partial charge in [0.05, 0.1) is 0 Å². The van der Waals surface area contributed by atoms with Gasteiger partial charge in [-0.1, -0.05) is 17.7 Å². The molecular formula is C11H17NO. The lowest BCUT2D eigenvalue weighted by atomic mass is 9.92. The van der Waals surface area contributed by atoms with Gasteiger partial charge in [-0.2, -0.15) is 0 Å². The van der Waals surface area contributed by atoms with E-state index in [0.29, 0.717) is 5.75 Å². The molecule has 0 spiro atoms. The van der Waals surface area contributed by atoms with Crippen LogP contribution in [0.4, 0.5) is 0 Å². The molecule has 0 unspecified atom stereocenters. The third-order valence-corrected chi connectivity index (χ3v) is 2.45. The van der Waals surface area contributed by atoms with E-state index in [1.54, 1.807) is 6.07 Å². The van der Waals surface area contributed by atoms with Crippen LogP contribution in [-0.2, 0) is 5.54 Å². The lowest BCUT2D eigenvalue weighted by Crippen LogP contribution is -2.33. The summed E-state index contributed by atoms with van der Waals surface area (Å²) in [5.41, 5.74) is 1.92. The fourth-order valence-electron chi connectivity index (χ4n) is 1.29. The summed E-state index contributed by atoms with van der Waals surface area (Å²) in [5, 5.41) is 12.8. The zero-order valence-electron chi connectivity index (χ0n) is 8.68. The molecule has 72 valence electrons. The standard InChI is InChI=1S/C11H17NO/c1-8-5-6-10(13)9(7-8)11(2,3)12-4/h5-7,12-13H,1-4H3. The van der Waals surface area contributed by atoms with E-state index in [4.69, 9.17) is 0 Å². The number of hydrogen-bond donors (Lipinski definition) is 2. The van der Waals surface area contributed by atoms with Gasteiger partial charge in [0.1, 0.15) is 5.75 Å². The van der Waals surface area contributed by atoms with Crippen LogP contribution in [0, 0.1) is 6.92 Å². The molecule has 0 atom stereocenters. The van der Waals surface area contributed by atoms with Gasteiger partial charge in [0.25, 0.3) is 0 Å². The molecule has 0 heterocycles. The average molecular weight is 179 g/mol. The van der Waals surface area contributed by atoms with Crippen molar-refractivity contribution in [1.29, 1.82) is 0 Å².